The highest BCUT2D eigenvalue weighted by molar-refractivity contribution is 5.96. The van der Waals surface area contributed by atoms with E-state index in [0.717, 1.165) is 28.2 Å². The lowest BCUT2D eigenvalue weighted by Gasteiger charge is -2.10. The van der Waals surface area contributed by atoms with Crippen LogP contribution in [-0.4, -0.2) is 22.7 Å². The van der Waals surface area contributed by atoms with Gasteiger partial charge in [-0.3, -0.25) is 9.48 Å². The van der Waals surface area contributed by atoms with Crippen LogP contribution in [0.5, 0.6) is 0 Å². The molecule has 1 amide bonds. The van der Waals surface area contributed by atoms with E-state index in [2.05, 4.69) is 15.7 Å². The summed E-state index contributed by atoms with van der Waals surface area (Å²) in [7, 11) is 3.77. The highest BCUT2D eigenvalue weighted by atomic mass is 16.1. The lowest BCUT2D eigenvalue weighted by Crippen LogP contribution is -2.24. The summed E-state index contributed by atoms with van der Waals surface area (Å²) in [5.41, 5.74) is 5.78. The quantitative estimate of drug-likeness (QED) is 0.907. The maximum atomic E-state index is 12.3. The van der Waals surface area contributed by atoms with E-state index in [0.29, 0.717) is 12.1 Å². The molecule has 5 heteroatoms. The van der Waals surface area contributed by atoms with Crippen LogP contribution in [0.2, 0.25) is 0 Å². The van der Waals surface area contributed by atoms with Crippen LogP contribution in [0, 0.1) is 20.8 Å². The number of aromatic nitrogens is 2. The van der Waals surface area contributed by atoms with Crippen LogP contribution in [0.3, 0.4) is 0 Å². The third-order valence-electron chi connectivity index (χ3n) is 3.84. The van der Waals surface area contributed by atoms with Gasteiger partial charge in [-0.05, 0) is 44.5 Å². The first-order valence-corrected chi connectivity index (χ1v) is 6.99. The zero-order valence-electron chi connectivity index (χ0n) is 13.2. The van der Waals surface area contributed by atoms with Gasteiger partial charge in [-0.15, -0.1) is 0 Å². The van der Waals surface area contributed by atoms with Crippen molar-refractivity contribution in [1.29, 1.82) is 0 Å². The average molecular weight is 286 g/mol. The second kappa shape index (κ2) is 5.99. The fourth-order valence-corrected chi connectivity index (χ4v) is 2.41. The van der Waals surface area contributed by atoms with Gasteiger partial charge in [0.1, 0.15) is 0 Å². The normalized spacial score (nSPS) is 10.5. The van der Waals surface area contributed by atoms with Crippen molar-refractivity contribution in [3.63, 3.8) is 0 Å². The molecule has 1 aromatic heterocycles. The van der Waals surface area contributed by atoms with Crippen LogP contribution >= 0.6 is 0 Å². The largest absolute Gasteiger partial charge is 0.388 e. The Kier molecular flexibility index (Phi) is 4.31. The monoisotopic (exact) mass is 286 g/mol. The lowest BCUT2D eigenvalue weighted by atomic mass is 10.1. The van der Waals surface area contributed by atoms with Crippen LogP contribution in [0.4, 0.5) is 5.69 Å². The predicted octanol–water partition coefficient (Wildman–Crippen LogP) is 2.32. The van der Waals surface area contributed by atoms with Gasteiger partial charge in [0.25, 0.3) is 5.91 Å². The van der Waals surface area contributed by atoms with Gasteiger partial charge in [0, 0.05) is 43.1 Å². The van der Waals surface area contributed by atoms with Crippen LogP contribution < -0.4 is 10.6 Å². The smallest absolute Gasteiger partial charge is 0.251 e. The van der Waals surface area contributed by atoms with Crippen LogP contribution in [0.1, 0.15) is 32.9 Å². The number of carbonyl (C=O) groups excluding carboxylic acids is 1. The zero-order chi connectivity index (χ0) is 15.6. The molecule has 2 aromatic rings. The van der Waals surface area contributed by atoms with Gasteiger partial charge >= 0.3 is 0 Å². The van der Waals surface area contributed by atoms with Crippen molar-refractivity contribution < 1.29 is 4.79 Å². The van der Waals surface area contributed by atoms with Gasteiger partial charge < -0.3 is 10.6 Å². The molecular weight excluding hydrogens is 264 g/mol. The van der Waals surface area contributed by atoms with E-state index in [1.54, 1.807) is 0 Å². The van der Waals surface area contributed by atoms with Gasteiger partial charge in [0.15, 0.2) is 0 Å². The Morgan fingerprint density at radius 3 is 2.52 bits per heavy atom. The molecular formula is C16H22N4O. The first-order chi connectivity index (χ1) is 9.93. The molecule has 0 aliphatic carbocycles. The molecule has 1 aromatic carbocycles. The Bertz CT molecular complexity index is 673. The van der Waals surface area contributed by atoms with Crippen molar-refractivity contribution in [3.05, 3.63) is 46.3 Å². The zero-order valence-corrected chi connectivity index (χ0v) is 13.2. The minimum Gasteiger partial charge on any atom is -0.388 e. The number of nitrogens with one attached hydrogen (secondary N) is 2. The second-order valence-electron chi connectivity index (χ2n) is 5.24. The number of nitrogens with zero attached hydrogens (tertiary/aromatic N) is 2. The fourth-order valence-electron chi connectivity index (χ4n) is 2.41. The van der Waals surface area contributed by atoms with E-state index in [1.807, 2.05) is 57.7 Å². The van der Waals surface area contributed by atoms with Gasteiger partial charge in [0.05, 0.1) is 5.69 Å². The number of anilines is 1. The molecule has 0 bridgehead atoms. The van der Waals surface area contributed by atoms with Crippen molar-refractivity contribution in [2.75, 3.05) is 12.4 Å². The van der Waals surface area contributed by atoms with E-state index in [1.165, 1.54) is 0 Å². The number of amides is 1. The summed E-state index contributed by atoms with van der Waals surface area (Å²) in [4.78, 5) is 12.3. The van der Waals surface area contributed by atoms with E-state index in [4.69, 9.17) is 0 Å². The van der Waals surface area contributed by atoms with Crippen molar-refractivity contribution in [3.8, 4) is 0 Å². The standard InChI is InChI=1S/C16H22N4O/c1-10-8-13(17-4)6-7-14(10)16(21)18-9-15-11(2)19-20(5)12(15)3/h6-8,17H,9H2,1-5H3,(H,18,21). The first kappa shape index (κ1) is 15.1. The van der Waals surface area contributed by atoms with Crippen molar-refractivity contribution in [2.24, 2.45) is 7.05 Å². The molecule has 0 saturated heterocycles. The Labute approximate surface area is 125 Å². The fraction of sp³-hybridized carbons (Fsp3) is 0.375. The number of carbonyl (C=O) groups is 1. The molecule has 2 rings (SSSR count). The minimum atomic E-state index is -0.0576. The highest BCUT2D eigenvalue weighted by Gasteiger charge is 2.13. The van der Waals surface area contributed by atoms with Gasteiger partial charge in [0.2, 0.25) is 0 Å². The average Bonchev–Trinajstić information content (AvgIpc) is 2.69. The molecule has 5 nitrogen and oxygen atoms in total. The van der Waals surface area contributed by atoms with Crippen LogP contribution in [0.15, 0.2) is 18.2 Å². The summed E-state index contributed by atoms with van der Waals surface area (Å²) >= 11 is 0. The van der Waals surface area contributed by atoms with E-state index in [-0.39, 0.29) is 5.91 Å². The number of benzene rings is 1. The number of rotatable bonds is 4. The number of hydrogen-bond acceptors (Lipinski definition) is 3. The summed E-state index contributed by atoms with van der Waals surface area (Å²) in [6.07, 6.45) is 0. The molecule has 0 aliphatic heterocycles. The van der Waals surface area contributed by atoms with E-state index in [9.17, 15) is 4.79 Å². The summed E-state index contributed by atoms with van der Waals surface area (Å²) in [5.74, 6) is -0.0576. The summed E-state index contributed by atoms with van der Waals surface area (Å²) in [6, 6.07) is 5.72. The lowest BCUT2D eigenvalue weighted by molar-refractivity contribution is 0.0950. The van der Waals surface area contributed by atoms with E-state index >= 15 is 0 Å². The Balaban J connectivity index is 2.12. The third kappa shape index (κ3) is 3.07. The topological polar surface area (TPSA) is 59.0 Å². The summed E-state index contributed by atoms with van der Waals surface area (Å²) in [5, 5.41) is 10.4. The molecule has 0 unspecified atom stereocenters. The number of hydrogen-bond donors (Lipinski definition) is 2. The molecule has 21 heavy (non-hydrogen) atoms. The SMILES string of the molecule is CNc1ccc(C(=O)NCc2c(C)nn(C)c2C)c(C)c1. The molecule has 0 saturated carbocycles. The molecule has 2 N–H and O–H groups in total. The van der Waals surface area contributed by atoms with Gasteiger partial charge in [-0.25, -0.2) is 0 Å². The van der Waals surface area contributed by atoms with Crippen molar-refractivity contribution in [1.82, 2.24) is 15.1 Å². The molecule has 1 heterocycles. The minimum absolute atomic E-state index is 0.0576. The van der Waals surface area contributed by atoms with Crippen LogP contribution in [-0.2, 0) is 13.6 Å². The predicted molar refractivity (Wildman–Crippen MR) is 84.6 cm³/mol. The molecule has 0 radical (unpaired) electrons. The summed E-state index contributed by atoms with van der Waals surface area (Å²) in [6.45, 7) is 6.41. The van der Waals surface area contributed by atoms with Crippen molar-refractivity contribution in [2.45, 2.75) is 27.3 Å². The Hall–Kier alpha value is -2.30. The van der Waals surface area contributed by atoms with E-state index < -0.39 is 0 Å². The maximum Gasteiger partial charge on any atom is 0.251 e. The molecule has 0 spiro atoms. The Morgan fingerprint density at radius 2 is 2.00 bits per heavy atom. The van der Waals surface area contributed by atoms with Gasteiger partial charge in [-0.1, -0.05) is 0 Å². The highest BCUT2D eigenvalue weighted by Crippen LogP contribution is 2.16. The molecule has 0 aliphatic rings. The first-order valence-electron chi connectivity index (χ1n) is 6.99. The third-order valence-corrected chi connectivity index (χ3v) is 3.84. The second-order valence-corrected chi connectivity index (χ2v) is 5.24. The van der Waals surface area contributed by atoms with Gasteiger partial charge in [-0.2, -0.15) is 5.10 Å². The van der Waals surface area contributed by atoms with Crippen LogP contribution in [0.25, 0.3) is 0 Å². The summed E-state index contributed by atoms with van der Waals surface area (Å²) < 4.78 is 1.84. The molecule has 0 fully saturated rings. The Morgan fingerprint density at radius 1 is 1.29 bits per heavy atom. The molecule has 0 atom stereocenters. The van der Waals surface area contributed by atoms with Crippen molar-refractivity contribution >= 4 is 11.6 Å². The molecule has 112 valence electrons. The number of aryl methyl sites for hydroxylation is 3. The maximum absolute atomic E-state index is 12.3.